The van der Waals surface area contributed by atoms with E-state index in [2.05, 4.69) is 42.0 Å². The van der Waals surface area contributed by atoms with E-state index in [1.807, 2.05) is 24.3 Å². The Labute approximate surface area is 133 Å². The quantitative estimate of drug-likeness (QED) is 0.781. The predicted octanol–water partition coefficient (Wildman–Crippen LogP) is 4.58. The van der Waals surface area contributed by atoms with Crippen LogP contribution in [0.4, 0.5) is 11.4 Å². The molecule has 0 aromatic heterocycles. The molecule has 0 aliphatic carbocycles. The van der Waals surface area contributed by atoms with Crippen molar-refractivity contribution in [2.75, 3.05) is 11.1 Å². The lowest BCUT2D eigenvalue weighted by atomic mass is 9.87. The predicted molar refractivity (Wildman–Crippen MR) is 91.6 cm³/mol. The maximum Gasteiger partial charge on any atom is 0.256 e. The second-order valence-corrected chi connectivity index (χ2v) is 6.78. The van der Waals surface area contributed by atoms with Crippen LogP contribution in [-0.4, -0.2) is 5.91 Å². The minimum absolute atomic E-state index is 0.0967. The van der Waals surface area contributed by atoms with Crippen LogP contribution in [0.15, 0.2) is 46.9 Å². The molecular weight excluding hydrogens is 328 g/mol. The summed E-state index contributed by atoms with van der Waals surface area (Å²) >= 11 is 3.35. The van der Waals surface area contributed by atoms with Crippen LogP contribution < -0.4 is 11.1 Å². The van der Waals surface area contributed by atoms with Gasteiger partial charge in [0.1, 0.15) is 0 Å². The van der Waals surface area contributed by atoms with E-state index in [4.69, 9.17) is 5.73 Å². The molecule has 2 aromatic rings. The molecule has 4 heteroatoms. The van der Waals surface area contributed by atoms with Gasteiger partial charge in [0.05, 0.1) is 10.0 Å². The number of nitrogens with two attached hydrogens (primary N) is 1. The number of nitrogen functional groups attached to an aromatic ring is 1. The van der Waals surface area contributed by atoms with Crippen LogP contribution in [0.3, 0.4) is 0 Å². The summed E-state index contributed by atoms with van der Waals surface area (Å²) in [4.78, 5) is 12.3. The highest BCUT2D eigenvalue weighted by molar-refractivity contribution is 9.10. The normalized spacial score (nSPS) is 11.2. The van der Waals surface area contributed by atoms with Crippen LogP contribution in [0.25, 0.3) is 0 Å². The lowest BCUT2D eigenvalue weighted by Gasteiger charge is -2.19. The van der Waals surface area contributed by atoms with Crippen molar-refractivity contribution in [2.45, 2.75) is 26.2 Å². The molecule has 0 saturated carbocycles. The Bertz CT molecular complexity index is 657. The third kappa shape index (κ3) is 3.64. The molecule has 0 heterocycles. The number of hydrogen-bond acceptors (Lipinski definition) is 2. The van der Waals surface area contributed by atoms with Crippen molar-refractivity contribution in [2.24, 2.45) is 0 Å². The van der Waals surface area contributed by atoms with Crippen molar-refractivity contribution in [3.63, 3.8) is 0 Å². The zero-order chi connectivity index (χ0) is 15.6. The molecule has 2 rings (SSSR count). The topological polar surface area (TPSA) is 55.1 Å². The summed E-state index contributed by atoms with van der Waals surface area (Å²) < 4.78 is 0.619. The zero-order valence-corrected chi connectivity index (χ0v) is 14.0. The Morgan fingerprint density at radius 2 is 1.71 bits per heavy atom. The molecule has 0 unspecified atom stereocenters. The first kappa shape index (κ1) is 15.6. The molecule has 2 aromatic carbocycles. The molecule has 3 N–H and O–H groups in total. The van der Waals surface area contributed by atoms with E-state index in [0.717, 1.165) is 5.69 Å². The Balaban J connectivity index is 2.18. The lowest BCUT2D eigenvalue weighted by Crippen LogP contribution is -2.14. The number of anilines is 2. The van der Waals surface area contributed by atoms with Crippen LogP contribution in [0.2, 0.25) is 0 Å². The van der Waals surface area contributed by atoms with Gasteiger partial charge in [-0.15, -0.1) is 0 Å². The van der Waals surface area contributed by atoms with E-state index in [9.17, 15) is 4.79 Å². The first-order chi connectivity index (χ1) is 9.79. The maximum absolute atomic E-state index is 12.3. The molecule has 3 nitrogen and oxygen atoms in total. The van der Waals surface area contributed by atoms with E-state index in [-0.39, 0.29) is 11.3 Å². The fourth-order valence-corrected chi connectivity index (χ4v) is 2.42. The van der Waals surface area contributed by atoms with Gasteiger partial charge in [0.25, 0.3) is 5.91 Å². The SMILES string of the molecule is CC(C)(C)c1ccc(NC(=O)c2cccc(N)c2Br)cc1. The summed E-state index contributed by atoms with van der Waals surface area (Å²) in [6.45, 7) is 6.47. The van der Waals surface area contributed by atoms with Gasteiger partial charge >= 0.3 is 0 Å². The van der Waals surface area contributed by atoms with Crippen LogP contribution >= 0.6 is 15.9 Å². The summed E-state index contributed by atoms with van der Waals surface area (Å²) in [6.07, 6.45) is 0. The summed E-state index contributed by atoms with van der Waals surface area (Å²) in [5.41, 5.74) is 8.95. The van der Waals surface area contributed by atoms with Gasteiger partial charge in [0, 0.05) is 11.4 Å². The first-order valence-corrected chi connectivity index (χ1v) is 7.54. The van der Waals surface area contributed by atoms with Crippen LogP contribution in [-0.2, 0) is 5.41 Å². The Morgan fingerprint density at radius 3 is 2.29 bits per heavy atom. The van der Waals surface area contributed by atoms with E-state index < -0.39 is 0 Å². The number of hydrogen-bond donors (Lipinski definition) is 2. The number of nitrogens with one attached hydrogen (secondary N) is 1. The summed E-state index contributed by atoms with van der Waals surface area (Å²) in [7, 11) is 0. The lowest BCUT2D eigenvalue weighted by molar-refractivity contribution is 0.102. The maximum atomic E-state index is 12.3. The minimum atomic E-state index is -0.183. The fourth-order valence-electron chi connectivity index (χ4n) is 1.98. The number of halogens is 1. The van der Waals surface area contributed by atoms with Crippen LogP contribution in [0.5, 0.6) is 0 Å². The van der Waals surface area contributed by atoms with Crippen molar-refractivity contribution in [3.8, 4) is 0 Å². The number of carbonyl (C=O) groups is 1. The molecule has 0 bridgehead atoms. The molecule has 0 spiro atoms. The van der Waals surface area contributed by atoms with Crippen molar-refractivity contribution < 1.29 is 4.79 Å². The van der Waals surface area contributed by atoms with Gasteiger partial charge in [0.2, 0.25) is 0 Å². The number of rotatable bonds is 2. The van der Waals surface area contributed by atoms with E-state index in [1.165, 1.54) is 5.56 Å². The second-order valence-electron chi connectivity index (χ2n) is 5.99. The van der Waals surface area contributed by atoms with Gasteiger partial charge < -0.3 is 11.1 Å². The van der Waals surface area contributed by atoms with Crippen molar-refractivity contribution in [3.05, 3.63) is 58.1 Å². The van der Waals surface area contributed by atoms with Crippen molar-refractivity contribution in [1.82, 2.24) is 0 Å². The summed E-state index contributed by atoms with van der Waals surface area (Å²) in [5.74, 6) is -0.183. The fraction of sp³-hybridized carbons (Fsp3) is 0.235. The molecule has 0 saturated heterocycles. The van der Waals surface area contributed by atoms with Crippen LogP contribution in [0.1, 0.15) is 36.7 Å². The van der Waals surface area contributed by atoms with Gasteiger partial charge in [-0.2, -0.15) is 0 Å². The standard InChI is InChI=1S/C17H19BrN2O/c1-17(2,3)11-7-9-12(10-8-11)20-16(21)13-5-4-6-14(19)15(13)18/h4-10H,19H2,1-3H3,(H,20,21). The van der Waals surface area contributed by atoms with Gasteiger partial charge in [-0.25, -0.2) is 0 Å². The third-order valence-electron chi connectivity index (χ3n) is 3.28. The molecule has 0 aliphatic heterocycles. The smallest absolute Gasteiger partial charge is 0.256 e. The van der Waals surface area contributed by atoms with E-state index >= 15 is 0 Å². The van der Waals surface area contributed by atoms with Gasteiger partial charge in [-0.3, -0.25) is 4.79 Å². The second kappa shape index (κ2) is 5.90. The van der Waals surface area contributed by atoms with Gasteiger partial charge in [0.15, 0.2) is 0 Å². The molecule has 0 radical (unpaired) electrons. The molecule has 0 aliphatic rings. The van der Waals surface area contributed by atoms with Crippen LogP contribution in [0, 0.1) is 0 Å². The monoisotopic (exact) mass is 346 g/mol. The van der Waals surface area contributed by atoms with E-state index in [0.29, 0.717) is 15.7 Å². The van der Waals surface area contributed by atoms with E-state index in [1.54, 1.807) is 18.2 Å². The van der Waals surface area contributed by atoms with Crippen molar-refractivity contribution in [1.29, 1.82) is 0 Å². The summed E-state index contributed by atoms with van der Waals surface area (Å²) in [5, 5.41) is 2.88. The first-order valence-electron chi connectivity index (χ1n) is 6.75. The molecule has 0 fully saturated rings. The minimum Gasteiger partial charge on any atom is -0.398 e. The molecule has 21 heavy (non-hydrogen) atoms. The molecule has 110 valence electrons. The summed E-state index contributed by atoms with van der Waals surface area (Å²) in [6, 6.07) is 13.1. The Kier molecular flexibility index (Phi) is 4.37. The largest absolute Gasteiger partial charge is 0.398 e. The average molecular weight is 347 g/mol. The average Bonchev–Trinajstić information content (AvgIpc) is 2.41. The number of benzene rings is 2. The zero-order valence-electron chi connectivity index (χ0n) is 12.4. The molecule has 0 atom stereocenters. The van der Waals surface area contributed by atoms with Crippen molar-refractivity contribution >= 4 is 33.2 Å². The number of amides is 1. The highest BCUT2D eigenvalue weighted by atomic mass is 79.9. The third-order valence-corrected chi connectivity index (χ3v) is 4.17. The van der Waals surface area contributed by atoms with Gasteiger partial charge in [-0.1, -0.05) is 39.0 Å². The highest BCUT2D eigenvalue weighted by Crippen LogP contribution is 2.26. The van der Waals surface area contributed by atoms with Gasteiger partial charge in [-0.05, 0) is 51.2 Å². The Hall–Kier alpha value is -1.81. The molecule has 1 amide bonds. The molecular formula is C17H19BrN2O. The Morgan fingerprint density at radius 1 is 1.10 bits per heavy atom. The highest BCUT2D eigenvalue weighted by Gasteiger charge is 2.14. The number of carbonyl (C=O) groups excluding carboxylic acids is 1.